The second kappa shape index (κ2) is 7.30. The Morgan fingerprint density at radius 1 is 0.880 bits per heavy atom. The lowest BCUT2D eigenvalue weighted by Crippen LogP contribution is -2.27. The molecule has 5 heteroatoms. The van der Waals surface area contributed by atoms with E-state index >= 15 is 0 Å². The van der Waals surface area contributed by atoms with Gasteiger partial charge in [0.05, 0.1) is 11.4 Å². The standard InChI is InChI=1S/C20H23N5/c1-20(2,3)25-19-23-17(16-11-7-8-12-21-16)13-18(24-19)22-14-15-9-5-4-6-10-15/h4-13H,14H2,1-3H3,(H2,22,23,24,25). The SMILES string of the molecule is CC(C)(C)Nc1nc(NCc2ccccc2)cc(-c2ccccn2)n1. The third kappa shape index (κ3) is 5.01. The summed E-state index contributed by atoms with van der Waals surface area (Å²) in [5.74, 6) is 1.36. The Hall–Kier alpha value is -2.95. The summed E-state index contributed by atoms with van der Waals surface area (Å²) in [7, 11) is 0. The first-order valence-electron chi connectivity index (χ1n) is 8.36. The molecule has 25 heavy (non-hydrogen) atoms. The van der Waals surface area contributed by atoms with Crippen LogP contribution in [0.3, 0.4) is 0 Å². The highest BCUT2D eigenvalue weighted by Gasteiger charge is 2.14. The fraction of sp³-hybridized carbons (Fsp3) is 0.250. The summed E-state index contributed by atoms with van der Waals surface area (Å²) < 4.78 is 0. The number of aromatic nitrogens is 3. The molecule has 0 aliphatic carbocycles. The number of hydrogen-bond donors (Lipinski definition) is 2. The molecule has 3 aromatic rings. The largest absolute Gasteiger partial charge is 0.366 e. The van der Waals surface area contributed by atoms with Crippen molar-refractivity contribution in [1.29, 1.82) is 0 Å². The molecule has 0 unspecified atom stereocenters. The van der Waals surface area contributed by atoms with Gasteiger partial charge in [0, 0.05) is 24.3 Å². The van der Waals surface area contributed by atoms with Crippen LogP contribution in [-0.2, 0) is 6.54 Å². The summed E-state index contributed by atoms with van der Waals surface area (Å²) in [5.41, 5.74) is 2.69. The van der Waals surface area contributed by atoms with E-state index in [4.69, 9.17) is 0 Å². The minimum atomic E-state index is -0.126. The molecule has 128 valence electrons. The van der Waals surface area contributed by atoms with Gasteiger partial charge in [0.1, 0.15) is 5.82 Å². The predicted octanol–water partition coefficient (Wildman–Crippen LogP) is 4.36. The highest BCUT2D eigenvalue weighted by atomic mass is 15.2. The van der Waals surface area contributed by atoms with Gasteiger partial charge in [-0.2, -0.15) is 4.98 Å². The third-order valence-corrected chi connectivity index (χ3v) is 3.46. The van der Waals surface area contributed by atoms with Crippen LogP contribution in [0.2, 0.25) is 0 Å². The lowest BCUT2D eigenvalue weighted by atomic mass is 10.1. The minimum absolute atomic E-state index is 0.126. The number of pyridine rings is 1. The Kier molecular flexibility index (Phi) is 4.93. The van der Waals surface area contributed by atoms with E-state index < -0.39 is 0 Å². The maximum Gasteiger partial charge on any atom is 0.225 e. The monoisotopic (exact) mass is 333 g/mol. The summed E-state index contributed by atoms with van der Waals surface area (Å²) in [6.45, 7) is 6.96. The third-order valence-electron chi connectivity index (χ3n) is 3.46. The number of hydrogen-bond acceptors (Lipinski definition) is 5. The van der Waals surface area contributed by atoms with E-state index in [2.05, 4.69) is 58.5 Å². The average molecular weight is 333 g/mol. The predicted molar refractivity (Wildman–Crippen MR) is 102 cm³/mol. The van der Waals surface area contributed by atoms with E-state index in [1.165, 1.54) is 5.56 Å². The molecule has 0 bridgehead atoms. The molecule has 0 spiro atoms. The van der Waals surface area contributed by atoms with Gasteiger partial charge in [0.2, 0.25) is 5.95 Å². The van der Waals surface area contributed by atoms with Gasteiger partial charge in [-0.3, -0.25) is 4.98 Å². The number of nitrogens with zero attached hydrogens (tertiary/aromatic N) is 3. The first kappa shape index (κ1) is 16.9. The maximum atomic E-state index is 4.62. The van der Waals surface area contributed by atoms with Crippen LogP contribution in [0.15, 0.2) is 60.8 Å². The molecule has 0 aliphatic rings. The molecule has 0 atom stereocenters. The van der Waals surface area contributed by atoms with E-state index in [1.54, 1.807) is 6.20 Å². The number of benzene rings is 1. The van der Waals surface area contributed by atoms with Crippen LogP contribution in [0, 0.1) is 0 Å². The van der Waals surface area contributed by atoms with E-state index in [0.29, 0.717) is 12.5 Å². The van der Waals surface area contributed by atoms with Gasteiger partial charge in [-0.15, -0.1) is 0 Å². The molecule has 0 fully saturated rings. The number of anilines is 2. The average Bonchev–Trinajstić information content (AvgIpc) is 2.60. The Morgan fingerprint density at radius 3 is 2.32 bits per heavy atom. The van der Waals surface area contributed by atoms with Crippen LogP contribution in [0.25, 0.3) is 11.4 Å². The van der Waals surface area contributed by atoms with Crippen LogP contribution >= 0.6 is 0 Å². The van der Waals surface area contributed by atoms with Crippen LogP contribution in [0.4, 0.5) is 11.8 Å². The van der Waals surface area contributed by atoms with Crippen molar-refractivity contribution in [3.63, 3.8) is 0 Å². The van der Waals surface area contributed by atoms with E-state index in [1.807, 2.05) is 42.5 Å². The fourth-order valence-electron chi connectivity index (χ4n) is 2.36. The zero-order valence-electron chi connectivity index (χ0n) is 14.8. The van der Waals surface area contributed by atoms with Gasteiger partial charge < -0.3 is 10.6 Å². The Balaban J connectivity index is 1.89. The summed E-state index contributed by atoms with van der Waals surface area (Å²) in [6, 6.07) is 18.0. The molecule has 0 amide bonds. The fourth-order valence-corrected chi connectivity index (χ4v) is 2.36. The van der Waals surface area contributed by atoms with Crippen molar-refractivity contribution in [3.05, 3.63) is 66.4 Å². The molecule has 0 saturated carbocycles. The molecule has 2 heterocycles. The Bertz CT molecular complexity index is 810. The van der Waals surface area contributed by atoms with Crippen molar-refractivity contribution >= 4 is 11.8 Å². The molecule has 1 aromatic carbocycles. The van der Waals surface area contributed by atoms with Crippen molar-refractivity contribution in [2.24, 2.45) is 0 Å². The van der Waals surface area contributed by atoms with Crippen LogP contribution in [0.1, 0.15) is 26.3 Å². The zero-order valence-corrected chi connectivity index (χ0v) is 14.8. The molecule has 5 nitrogen and oxygen atoms in total. The molecular formula is C20H23N5. The normalized spacial score (nSPS) is 11.2. The van der Waals surface area contributed by atoms with Crippen LogP contribution in [-0.4, -0.2) is 20.5 Å². The molecule has 0 radical (unpaired) electrons. The van der Waals surface area contributed by atoms with Gasteiger partial charge in [-0.05, 0) is 38.5 Å². The van der Waals surface area contributed by atoms with Crippen molar-refractivity contribution in [3.8, 4) is 11.4 Å². The topological polar surface area (TPSA) is 62.7 Å². The second-order valence-electron chi connectivity index (χ2n) is 6.89. The van der Waals surface area contributed by atoms with Gasteiger partial charge in [-0.25, -0.2) is 4.98 Å². The number of rotatable bonds is 5. The smallest absolute Gasteiger partial charge is 0.225 e. The maximum absolute atomic E-state index is 4.62. The van der Waals surface area contributed by atoms with Crippen molar-refractivity contribution in [1.82, 2.24) is 15.0 Å². The van der Waals surface area contributed by atoms with E-state index in [0.717, 1.165) is 17.2 Å². The lowest BCUT2D eigenvalue weighted by Gasteiger charge is -2.21. The van der Waals surface area contributed by atoms with Gasteiger partial charge in [-0.1, -0.05) is 36.4 Å². The summed E-state index contributed by atoms with van der Waals surface area (Å²) >= 11 is 0. The van der Waals surface area contributed by atoms with Crippen molar-refractivity contribution in [2.75, 3.05) is 10.6 Å². The van der Waals surface area contributed by atoms with Gasteiger partial charge in [0.25, 0.3) is 0 Å². The van der Waals surface area contributed by atoms with Crippen LogP contribution < -0.4 is 10.6 Å². The first-order chi connectivity index (χ1) is 12.0. The molecule has 3 rings (SSSR count). The lowest BCUT2D eigenvalue weighted by molar-refractivity contribution is 0.626. The minimum Gasteiger partial charge on any atom is -0.366 e. The van der Waals surface area contributed by atoms with Crippen molar-refractivity contribution in [2.45, 2.75) is 32.9 Å². The first-order valence-corrected chi connectivity index (χ1v) is 8.36. The molecule has 0 aliphatic heterocycles. The number of nitrogens with one attached hydrogen (secondary N) is 2. The second-order valence-corrected chi connectivity index (χ2v) is 6.89. The van der Waals surface area contributed by atoms with E-state index in [-0.39, 0.29) is 5.54 Å². The Labute approximate surface area is 148 Å². The zero-order chi connectivity index (χ0) is 17.7. The molecule has 2 N–H and O–H groups in total. The van der Waals surface area contributed by atoms with E-state index in [9.17, 15) is 0 Å². The van der Waals surface area contributed by atoms with Gasteiger partial charge >= 0.3 is 0 Å². The van der Waals surface area contributed by atoms with Crippen molar-refractivity contribution < 1.29 is 0 Å². The summed E-state index contributed by atoms with van der Waals surface area (Å²) in [5, 5.41) is 6.72. The Morgan fingerprint density at radius 2 is 1.64 bits per heavy atom. The van der Waals surface area contributed by atoms with Crippen LogP contribution in [0.5, 0.6) is 0 Å². The summed E-state index contributed by atoms with van der Waals surface area (Å²) in [4.78, 5) is 13.6. The molecule has 2 aromatic heterocycles. The quantitative estimate of drug-likeness (QED) is 0.726. The molecular weight excluding hydrogens is 310 g/mol. The molecule has 0 saturated heterocycles. The van der Waals surface area contributed by atoms with Gasteiger partial charge in [0.15, 0.2) is 0 Å². The highest BCUT2D eigenvalue weighted by Crippen LogP contribution is 2.21. The summed E-state index contributed by atoms with van der Waals surface area (Å²) in [6.07, 6.45) is 1.77. The highest BCUT2D eigenvalue weighted by molar-refractivity contribution is 5.61.